The van der Waals surface area contributed by atoms with E-state index < -0.39 is 17.9 Å². The Morgan fingerprint density at radius 1 is 1.00 bits per heavy atom. The molecule has 0 bridgehead atoms. The molecule has 0 aromatic rings. The second-order valence-corrected chi connectivity index (χ2v) is 3.12. The van der Waals surface area contributed by atoms with Crippen LogP contribution in [0.15, 0.2) is 0 Å². The molecule has 0 aromatic heterocycles. The number of carbonyl (C=O) groups excluding carboxylic acids is 2. The zero-order valence-corrected chi connectivity index (χ0v) is 10.2. The van der Waals surface area contributed by atoms with E-state index in [1.54, 1.807) is 13.8 Å². The molecule has 0 heterocycles. The molecule has 0 spiro atoms. The minimum atomic E-state index is -0.570. The van der Waals surface area contributed by atoms with Crippen LogP contribution in [0, 0.1) is 5.92 Å². The lowest BCUT2D eigenvalue weighted by atomic mass is 10.1. The van der Waals surface area contributed by atoms with Gasteiger partial charge in [0.15, 0.2) is 0 Å². The van der Waals surface area contributed by atoms with Crippen LogP contribution in [0.4, 0.5) is 0 Å². The van der Waals surface area contributed by atoms with Crippen LogP contribution in [0.5, 0.6) is 0 Å². The molecule has 94 valence electrons. The number of hydrogen-bond acceptors (Lipinski definition) is 5. The summed E-state index contributed by atoms with van der Waals surface area (Å²) < 4.78 is 14.8. The van der Waals surface area contributed by atoms with Crippen LogP contribution in [0.3, 0.4) is 0 Å². The fourth-order valence-corrected chi connectivity index (χ4v) is 1.15. The van der Waals surface area contributed by atoms with Gasteiger partial charge in [-0.25, -0.2) is 0 Å². The molecule has 0 N–H and O–H groups in total. The highest BCUT2D eigenvalue weighted by Gasteiger charge is 2.23. The van der Waals surface area contributed by atoms with Gasteiger partial charge in [0, 0.05) is 6.61 Å². The summed E-state index contributed by atoms with van der Waals surface area (Å²) in [6.07, 6.45) is 0.00662. The lowest BCUT2D eigenvalue weighted by molar-refractivity contribution is -0.156. The van der Waals surface area contributed by atoms with Gasteiger partial charge in [0.25, 0.3) is 0 Å². The van der Waals surface area contributed by atoms with E-state index in [0.717, 1.165) is 0 Å². The quantitative estimate of drug-likeness (QED) is 0.587. The topological polar surface area (TPSA) is 61.8 Å². The average Bonchev–Trinajstić information content (AvgIpc) is 2.24. The molecule has 5 nitrogen and oxygen atoms in total. The minimum absolute atomic E-state index is 0.00662. The SMILES string of the molecule is CCOCC(CC(=O)OCC)C(=O)OCC. The summed E-state index contributed by atoms with van der Waals surface area (Å²) in [4.78, 5) is 22.7. The van der Waals surface area contributed by atoms with E-state index in [9.17, 15) is 9.59 Å². The van der Waals surface area contributed by atoms with E-state index in [0.29, 0.717) is 19.8 Å². The minimum Gasteiger partial charge on any atom is -0.466 e. The number of ether oxygens (including phenoxy) is 3. The van der Waals surface area contributed by atoms with E-state index in [1.807, 2.05) is 6.92 Å². The van der Waals surface area contributed by atoms with E-state index in [-0.39, 0.29) is 13.0 Å². The van der Waals surface area contributed by atoms with Crippen molar-refractivity contribution in [2.45, 2.75) is 27.2 Å². The lowest BCUT2D eigenvalue weighted by Crippen LogP contribution is -2.26. The van der Waals surface area contributed by atoms with Crippen LogP contribution >= 0.6 is 0 Å². The van der Waals surface area contributed by atoms with Crippen molar-refractivity contribution in [2.24, 2.45) is 5.92 Å². The maximum Gasteiger partial charge on any atom is 0.311 e. The third kappa shape index (κ3) is 6.40. The fraction of sp³-hybridized carbons (Fsp3) is 0.818. The smallest absolute Gasteiger partial charge is 0.311 e. The predicted octanol–water partition coefficient (Wildman–Crippen LogP) is 1.16. The Balaban J connectivity index is 4.18. The Labute approximate surface area is 96.1 Å². The molecule has 0 radical (unpaired) electrons. The normalized spacial score (nSPS) is 11.9. The van der Waals surface area contributed by atoms with Crippen LogP contribution in [-0.4, -0.2) is 38.4 Å². The summed E-state index contributed by atoms with van der Waals surface area (Å²) in [6.45, 7) is 6.56. The van der Waals surface area contributed by atoms with Crippen LogP contribution in [0.2, 0.25) is 0 Å². The molecule has 5 heteroatoms. The van der Waals surface area contributed by atoms with Gasteiger partial charge in [0.1, 0.15) is 0 Å². The number of esters is 2. The first kappa shape index (κ1) is 14.9. The number of rotatable bonds is 8. The standard InChI is InChI=1S/C11H20O5/c1-4-14-8-9(11(13)16-6-3)7-10(12)15-5-2/h9H,4-8H2,1-3H3. The highest BCUT2D eigenvalue weighted by molar-refractivity contribution is 5.80. The van der Waals surface area contributed by atoms with Crippen molar-refractivity contribution in [3.63, 3.8) is 0 Å². The van der Waals surface area contributed by atoms with Gasteiger partial charge in [-0.15, -0.1) is 0 Å². The monoisotopic (exact) mass is 232 g/mol. The molecule has 0 amide bonds. The van der Waals surface area contributed by atoms with Crippen LogP contribution in [0.1, 0.15) is 27.2 Å². The van der Waals surface area contributed by atoms with Crippen molar-refractivity contribution in [3.8, 4) is 0 Å². The summed E-state index contributed by atoms with van der Waals surface area (Å²) in [5, 5.41) is 0. The van der Waals surface area contributed by atoms with Crippen molar-refractivity contribution < 1.29 is 23.8 Å². The van der Waals surface area contributed by atoms with Crippen molar-refractivity contribution >= 4 is 11.9 Å². The van der Waals surface area contributed by atoms with Gasteiger partial charge in [0.05, 0.1) is 32.2 Å². The molecule has 1 atom stereocenters. The Morgan fingerprint density at radius 2 is 1.62 bits per heavy atom. The zero-order valence-electron chi connectivity index (χ0n) is 10.2. The fourth-order valence-electron chi connectivity index (χ4n) is 1.15. The Bertz CT molecular complexity index is 214. The maximum absolute atomic E-state index is 11.5. The number of hydrogen-bond donors (Lipinski definition) is 0. The van der Waals surface area contributed by atoms with E-state index >= 15 is 0 Å². The third-order valence-electron chi connectivity index (χ3n) is 1.86. The highest BCUT2D eigenvalue weighted by Crippen LogP contribution is 2.08. The molecule has 0 aliphatic heterocycles. The summed E-state index contributed by atoms with van der Waals surface area (Å²) in [7, 11) is 0. The van der Waals surface area contributed by atoms with Gasteiger partial charge in [-0.05, 0) is 20.8 Å². The van der Waals surface area contributed by atoms with E-state index in [1.165, 1.54) is 0 Å². The third-order valence-corrected chi connectivity index (χ3v) is 1.86. The van der Waals surface area contributed by atoms with Gasteiger partial charge in [-0.2, -0.15) is 0 Å². The van der Waals surface area contributed by atoms with Crippen LogP contribution in [0.25, 0.3) is 0 Å². The Hall–Kier alpha value is -1.10. The summed E-state index contributed by atoms with van der Waals surface area (Å²) in [6, 6.07) is 0. The number of carbonyl (C=O) groups is 2. The average molecular weight is 232 g/mol. The molecule has 0 aliphatic carbocycles. The van der Waals surface area contributed by atoms with Gasteiger partial charge in [-0.1, -0.05) is 0 Å². The zero-order chi connectivity index (χ0) is 12.4. The maximum atomic E-state index is 11.5. The van der Waals surface area contributed by atoms with E-state index in [2.05, 4.69) is 0 Å². The Kier molecular flexibility index (Phi) is 8.52. The van der Waals surface area contributed by atoms with Crippen molar-refractivity contribution in [3.05, 3.63) is 0 Å². The second-order valence-electron chi connectivity index (χ2n) is 3.12. The molecular weight excluding hydrogens is 212 g/mol. The summed E-state index contributed by atoms with van der Waals surface area (Å²) in [5.74, 6) is -1.39. The summed E-state index contributed by atoms with van der Waals surface area (Å²) in [5.41, 5.74) is 0. The molecule has 1 unspecified atom stereocenters. The molecule has 0 rings (SSSR count). The lowest BCUT2D eigenvalue weighted by Gasteiger charge is -2.14. The van der Waals surface area contributed by atoms with Gasteiger partial charge in [0.2, 0.25) is 0 Å². The van der Waals surface area contributed by atoms with Gasteiger partial charge >= 0.3 is 11.9 Å². The van der Waals surface area contributed by atoms with Crippen molar-refractivity contribution in [1.29, 1.82) is 0 Å². The first-order chi connectivity index (χ1) is 7.65. The largest absolute Gasteiger partial charge is 0.466 e. The molecule has 0 aromatic carbocycles. The molecule has 0 aliphatic rings. The first-order valence-electron chi connectivity index (χ1n) is 5.55. The van der Waals surface area contributed by atoms with Crippen LogP contribution < -0.4 is 0 Å². The van der Waals surface area contributed by atoms with Crippen molar-refractivity contribution in [2.75, 3.05) is 26.4 Å². The van der Waals surface area contributed by atoms with Crippen LogP contribution in [-0.2, 0) is 23.8 Å². The van der Waals surface area contributed by atoms with Crippen molar-refractivity contribution in [1.82, 2.24) is 0 Å². The Morgan fingerprint density at radius 3 is 2.12 bits per heavy atom. The molecule has 0 saturated heterocycles. The molecular formula is C11H20O5. The predicted molar refractivity (Wildman–Crippen MR) is 57.9 cm³/mol. The molecule has 0 saturated carbocycles. The first-order valence-corrected chi connectivity index (χ1v) is 5.55. The van der Waals surface area contributed by atoms with Gasteiger partial charge in [-0.3, -0.25) is 9.59 Å². The van der Waals surface area contributed by atoms with Gasteiger partial charge < -0.3 is 14.2 Å². The molecule has 0 fully saturated rings. The molecule has 16 heavy (non-hydrogen) atoms. The second kappa shape index (κ2) is 9.15. The highest BCUT2D eigenvalue weighted by atomic mass is 16.5. The van der Waals surface area contributed by atoms with E-state index in [4.69, 9.17) is 14.2 Å². The summed E-state index contributed by atoms with van der Waals surface area (Å²) >= 11 is 0.